The fourth-order valence-electron chi connectivity index (χ4n) is 2.89. The first-order chi connectivity index (χ1) is 15.4. The Morgan fingerprint density at radius 2 is 1.50 bits per heavy atom. The van der Waals surface area contributed by atoms with Gasteiger partial charge in [0.05, 0.1) is 12.6 Å². The molecule has 0 spiro atoms. The Hall–Kier alpha value is -4.31. The molecule has 0 fully saturated rings. The quantitative estimate of drug-likeness (QED) is 0.343. The van der Waals surface area contributed by atoms with Crippen molar-refractivity contribution in [1.82, 2.24) is 20.6 Å². The van der Waals surface area contributed by atoms with E-state index in [4.69, 9.17) is 5.11 Å². The number of aromatic nitrogens is 2. The number of nitrogens with zero attached hydrogens (tertiary/aromatic N) is 1. The van der Waals surface area contributed by atoms with Crippen molar-refractivity contribution in [2.24, 2.45) is 0 Å². The molecule has 5 N–H and O–H groups in total. The Labute approximate surface area is 182 Å². The summed E-state index contributed by atoms with van der Waals surface area (Å²) in [7, 11) is 0. The molecule has 0 aliphatic rings. The van der Waals surface area contributed by atoms with Crippen molar-refractivity contribution in [2.75, 3.05) is 6.54 Å². The van der Waals surface area contributed by atoms with Gasteiger partial charge in [-0.15, -0.1) is 0 Å². The summed E-state index contributed by atoms with van der Waals surface area (Å²) < 4.78 is 0. The van der Waals surface area contributed by atoms with Crippen LogP contribution in [0.3, 0.4) is 0 Å². The molecule has 164 valence electrons. The number of carbonyl (C=O) groups excluding carboxylic acids is 2. The molecular formula is C22H20N4O6. The molecule has 1 aromatic heterocycles. The number of aromatic amines is 1. The molecule has 0 unspecified atom stereocenters. The molecule has 0 saturated heterocycles. The Bertz CT molecular complexity index is 1120. The first-order valence-corrected chi connectivity index (χ1v) is 9.56. The number of carboxylic acid groups (broad SMARTS) is 1. The first-order valence-electron chi connectivity index (χ1n) is 9.56. The molecule has 0 aliphatic carbocycles. The van der Waals surface area contributed by atoms with Gasteiger partial charge in [-0.2, -0.15) is 0 Å². The minimum atomic E-state index is -1.80. The molecule has 32 heavy (non-hydrogen) atoms. The number of hydrogen-bond donors (Lipinski definition) is 5. The lowest BCUT2D eigenvalue weighted by molar-refractivity contribution is -0.146. The standard InChI is InChI=1S/C22H20N4O6/c27-16(22(31)32)12-24-21(30)18-23-11-15(20(29)26-18)19(28)25-17(13-7-3-1-4-8-13)14-9-5-2-6-10-14/h1-11,16-17,27H,12H2,(H,24,30)(H,25,28)(H,31,32)(H,23,26,29)/t16-/m1/s1. The van der Waals surface area contributed by atoms with Gasteiger partial charge in [0.2, 0.25) is 0 Å². The van der Waals surface area contributed by atoms with Crippen molar-refractivity contribution in [1.29, 1.82) is 0 Å². The van der Waals surface area contributed by atoms with E-state index >= 15 is 0 Å². The lowest BCUT2D eigenvalue weighted by Gasteiger charge is -2.19. The van der Waals surface area contributed by atoms with Crippen LogP contribution in [-0.2, 0) is 4.79 Å². The van der Waals surface area contributed by atoms with Crippen molar-refractivity contribution in [2.45, 2.75) is 12.1 Å². The van der Waals surface area contributed by atoms with E-state index < -0.39 is 47.9 Å². The van der Waals surface area contributed by atoms with Crippen LogP contribution in [0.5, 0.6) is 0 Å². The van der Waals surface area contributed by atoms with Gasteiger partial charge in [-0.05, 0) is 11.1 Å². The summed E-state index contributed by atoms with van der Waals surface area (Å²) in [6.45, 7) is -0.573. The highest BCUT2D eigenvalue weighted by atomic mass is 16.4. The molecule has 0 saturated carbocycles. The van der Waals surface area contributed by atoms with Gasteiger partial charge in [-0.25, -0.2) is 9.78 Å². The van der Waals surface area contributed by atoms with Crippen molar-refractivity contribution >= 4 is 17.8 Å². The molecule has 2 amide bonds. The van der Waals surface area contributed by atoms with Crippen LogP contribution in [0.15, 0.2) is 71.7 Å². The van der Waals surface area contributed by atoms with E-state index in [1.54, 1.807) is 0 Å². The maximum atomic E-state index is 12.8. The van der Waals surface area contributed by atoms with E-state index in [1.165, 1.54) is 0 Å². The molecule has 1 heterocycles. The Morgan fingerprint density at radius 1 is 0.938 bits per heavy atom. The predicted octanol–water partition coefficient (Wildman–Crippen LogP) is 0.465. The highest BCUT2D eigenvalue weighted by Gasteiger charge is 2.21. The maximum Gasteiger partial charge on any atom is 0.334 e. The largest absolute Gasteiger partial charge is 0.479 e. The van der Waals surface area contributed by atoms with Gasteiger partial charge in [-0.1, -0.05) is 60.7 Å². The second-order valence-electron chi connectivity index (χ2n) is 6.77. The molecule has 3 aromatic rings. The number of aliphatic hydroxyl groups is 1. The lowest BCUT2D eigenvalue weighted by Crippen LogP contribution is -2.38. The van der Waals surface area contributed by atoms with Gasteiger partial charge >= 0.3 is 5.97 Å². The summed E-state index contributed by atoms with van der Waals surface area (Å²) >= 11 is 0. The number of aliphatic hydroxyl groups excluding tert-OH is 1. The van der Waals surface area contributed by atoms with Gasteiger partial charge in [-0.3, -0.25) is 14.4 Å². The van der Waals surface area contributed by atoms with E-state index in [1.807, 2.05) is 60.7 Å². The Balaban J connectivity index is 1.78. The average molecular weight is 436 g/mol. The topological polar surface area (TPSA) is 161 Å². The number of aliphatic carboxylic acids is 1. The van der Waals surface area contributed by atoms with Crippen LogP contribution in [0, 0.1) is 0 Å². The molecule has 10 nitrogen and oxygen atoms in total. The lowest BCUT2D eigenvalue weighted by atomic mass is 9.98. The van der Waals surface area contributed by atoms with Crippen LogP contribution in [0.4, 0.5) is 0 Å². The molecule has 3 rings (SSSR count). The highest BCUT2D eigenvalue weighted by molar-refractivity contribution is 5.95. The molecule has 0 radical (unpaired) electrons. The summed E-state index contributed by atoms with van der Waals surface area (Å²) in [5.74, 6) is -3.53. The van der Waals surface area contributed by atoms with Crippen LogP contribution in [0.2, 0.25) is 0 Å². The maximum absolute atomic E-state index is 12.8. The molecule has 0 aliphatic heterocycles. The number of nitrogens with one attached hydrogen (secondary N) is 3. The summed E-state index contributed by atoms with van der Waals surface area (Å²) in [6, 6.07) is 17.9. The number of amides is 2. The fourth-order valence-corrected chi connectivity index (χ4v) is 2.89. The van der Waals surface area contributed by atoms with E-state index in [0.717, 1.165) is 17.3 Å². The Morgan fingerprint density at radius 3 is 2.00 bits per heavy atom. The minimum absolute atomic E-state index is 0.302. The number of carboxylic acids is 1. The zero-order chi connectivity index (χ0) is 23.1. The average Bonchev–Trinajstić information content (AvgIpc) is 2.81. The molecular weight excluding hydrogens is 416 g/mol. The van der Waals surface area contributed by atoms with Gasteiger partial charge in [0.25, 0.3) is 17.4 Å². The van der Waals surface area contributed by atoms with Gasteiger partial charge in [0.15, 0.2) is 11.9 Å². The normalized spacial score (nSPS) is 11.6. The summed E-state index contributed by atoms with van der Waals surface area (Å²) in [5.41, 5.74) is 0.471. The number of benzene rings is 2. The summed E-state index contributed by atoms with van der Waals surface area (Å²) in [4.78, 5) is 53.8. The SMILES string of the molecule is O=C(NC[C@@H](O)C(=O)O)c1ncc(C(=O)NC(c2ccccc2)c2ccccc2)c(=O)[nH]1. The third kappa shape index (κ3) is 5.43. The van der Waals surface area contributed by atoms with Gasteiger partial charge < -0.3 is 25.8 Å². The molecule has 10 heteroatoms. The smallest absolute Gasteiger partial charge is 0.334 e. The number of H-pyrrole nitrogens is 1. The second kappa shape index (κ2) is 10.1. The van der Waals surface area contributed by atoms with Crippen molar-refractivity contribution in [3.63, 3.8) is 0 Å². The van der Waals surface area contributed by atoms with Crippen molar-refractivity contribution in [3.8, 4) is 0 Å². The fraction of sp³-hybridized carbons (Fsp3) is 0.136. The predicted molar refractivity (Wildman–Crippen MR) is 113 cm³/mol. The second-order valence-corrected chi connectivity index (χ2v) is 6.77. The van der Waals surface area contributed by atoms with Crippen LogP contribution < -0.4 is 16.2 Å². The van der Waals surface area contributed by atoms with E-state index in [-0.39, 0.29) is 5.56 Å². The van der Waals surface area contributed by atoms with Gasteiger partial charge in [0, 0.05) is 6.20 Å². The van der Waals surface area contributed by atoms with Crippen molar-refractivity contribution < 1.29 is 24.6 Å². The number of rotatable bonds is 8. The molecule has 1 atom stereocenters. The number of hydrogen-bond acceptors (Lipinski definition) is 6. The van der Waals surface area contributed by atoms with E-state index in [0.29, 0.717) is 0 Å². The van der Waals surface area contributed by atoms with E-state index in [2.05, 4.69) is 20.6 Å². The van der Waals surface area contributed by atoms with Crippen LogP contribution >= 0.6 is 0 Å². The van der Waals surface area contributed by atoms with Gasteiger partial charge in [0.1, 0.15) is 5.56 Å². The monoisotopic (exact) mass is 436 g/mol. The molecule has 2 aromatic carbocycles. The minimum Gasteiger partial charge on any atom is -0.479 e. The van der Waals surface area contributed by atoms with E-state index in [9.17, 15) is 24.3 Å². The zero-order valence-electron chi connectivity index (χ0n) is 16.7. The highest BCUT2D eigenvalue weighted by Crippen LogP contribution is 2.22. The van der Waals surface area contributed by atoms with Crippen LogP contribution in [-0.4, -0.2) is 50.6 Å². The third-order valence-corrected chi connectivity index (χ3v) is 4.54. The first kappa shape index (κ1) is 22.4. The third-order valence-electron chi connectivity index (χ3n) is 4.54. The Kier molecular flexibility index (Phi) is 7.09. The zero-order valence-corrected chi connectivity index (χ0v) is 16.7. The molecule has 0 bridgehead atoms. The summed E-state index contributed by atoms with van der Waals surface area (Å²) in [5, 5.41) is 22.8. The van der Waals surface area contributed by atoms with Crippen molar-refractivity contribution in [3.05, 3.63) is 99.7 Å². The van der Waals surface area contributed by atoms with Crippen LogP contribution in [0.25, 0.3) is 0 Å². The van der Waals surface area contributed by atoms with Crippen LogP contribution in [0.1, 0.15) is 38.1 Å². The number of carbonyl (C=O) groups is 3. The summed E-state index contributed by atoms with van der Waals surface area (Å²) in [6.07, 6.45) is -0.840.